The minimum Gasteiger partial charge on any atom is -0.491 e. The van der Waals surface area contributed by atoms with Gasteiger partial charge in [-0.15, -0.1) is 0 Å². The van der Waals surface area contributed by atoms with Gasteiger partial charge in [0.1, 0.15) is 5.75 Å². The number of hydrogen-bond acceptors (Lipinski definition) is 3. The lowest BCUT2D eigenvalue weighted by molar-refractivity contribution is 0.242. The normalized spacial score (nSPS) is 13.3. The van der Waals surface area contributed by atoms with Crippen LogP contribution >= 0.6 is 7.37 Å². The Hall–Kier alpha value is -1.51. The first-order valence-corrected chi connectivity index (χ1v) is 8.17. The van der Waals surface area contributed by atoms with E-state index < -0.39 is 7.37 Å². The molecule has 0 saturated heterocycles. The summed E-state index contributed by atoms with van der Waals surface area (Å²) >= 11 is 0. The predicted molar refractivity (Wildman–Crippen MR) is 92.5 cm³/mol. The van der Waals surface area contributed by atoms with E-state index in [4.69, 9.17) is 9.26 Å². The molecule has 21 heavy (non-hydrogen) atoms. The van der Waals surface area contributed by atoms with E-state index in [2.05, 4.69) is 0 Å². The van der Waals surface area contributed by atoms with Gasteiger partial charge < -0.3 is 9.26 Å². The first kappa shape index (κ1) is 17.5. The Kier molecular flexibility index (Phi) is 6.26. The zero-order valence-corrected chi connectivity index (χ0v) is 12.8. The zero-order valence-electron chi connectivity index (χ0n) is 11.9. The maximum Gasteiger partial charge on any atom is 0.261 e. The average Bonchev–Trinajstić information content (AvgIpc) is 2.47. The Morgan fingerprint density at radius 1 is 0.952 bits per heavy atom. The molecule has 0 spiro atoms. The van der Waals surface area contributed by atoms with Crippen molar-refractivity contribution in [3.63, 3.8) is 0 Å². The molecule has 2 rings (SSSR count). The minimum absolute atomic E-state index is 0. The van der Waals surface area contributed by atoms with Gasteiger partial charge in [-0.1, -0.05) is 24.3 Å². The van der Waals surface area contributed by atoms with Crippen LogP contribution in [0.5, 0.6) is 5.75 Å². The molecule has 0 bridgehead atoms. The van der Waals surface area contributed by atoms with Gasteiger partial charge in [0.05, 0.1) is 14.5 Å². The lowest BCUT2D eigenvalue weighted by atomic mass is 10.3. The second kappa shape index (κ2) is 7.49. The van der Waals surface area contributed by atoms with E-state index >= 15 is 0 Å². The third-order valence-electron chi connectivity index (χ3n) is 2.88. The summed E-state index contributed by atoms with van der Waals surface area (Å²) in [5, 5.41) is 1.33. The van der Waals surface area contributed by atoms with Gasteiger partial charge in [-0.3, -0.25) is 4.57 Å². The van der Waals surface area contributed by atoms with Crippen molar-refractivity contribution in [2.45, 2.75) is 20.0 Å². The van der Waals surface area contributed by atoms with E-state index in [9.17, 15) is 4.57 Å². The first-order chi connectivity index (χ1) is 9.56. The lowest BCUT2D eigenvalue weighted by Crippen LogP contribution is -2.17. The maximum absolute atomic E-state index is 13.1. The summed E-state index contributed by atoms with van der Waals surface area (Å²) < 4.78 is 24.2. The average molecular weight is 304 g/mol. The van der Waals surface area contributed by atoms with Crippen molar-refractivity contribution in [3.8, 4) is 5.75 Å². The van der Waals surface area contributed by atoms with Crippen molar-refractivity contribution >= 4 is 26.4 Å². The fourth-order valence-electron chi connectivity index (χ4n) is 2.00. The predicted octanol–water partition coefficient (Wildman–Crippen LogP) is 2.17. The highest BCUT2D eigenvalue weighted by atomic mass is 31.2. The summed E-state index contributed by atoms with van der Waals surface area (Å²) in [6.07, 6.45) is 0.0731. The van der Waals surface area contributed by atoms with Crippen LogP contribution in [0.2, 0.25) is 0 Å². The zero-order chi connectivity index (χ0) is 14.6. The summed E-state index contributed by atoms with van der Waals surface area (Å²) in [6.45, 7) is 3.92. The maximum atomic E-state index is 13.1. The number of benzene rings is 2. The van der Waals surface area contributed by atoms with Crippen LogP contribution in [-0.4, -0.2) is 21.6 Å². The molecule has 0 aliphatic carbocycles. The van der Waals surface area contributed by atoms with Crippen LogP contribution in [0.1, 0.15) is 13.8 Å². The van der Waals surface area contributed by atoms with Gasteiger partial charge in [0.25, 0.3) is 7.37 Å². The van der Waals surface area contributed by atoms with Gasteiger partial charge in [0.2, 0.25) is 0 Å². The summed E-state index contributed by atoms with van der Waals surface area (Å²) in [5.41, 5.74) is 0. The van der Waals surface area contributed by atoms with Gasteiger partial charge in [-0.05, 0) is 44.2 Å². The third-order valence-corrected chi connectivity index (χ3v) is 5.33. The second-order valence-corrected chi connectivity index (χ2v) is 7.23. The molecule has 3 nitrogen and oxygen atoms in total. The molecule has 0 amide bonds. The quantitative estimate of drug-likeness (QED) is 0.627. The number of ether oxygens (including phenoxy) is 1. The van der Waals surface area contributed by atoms with E-state index in [0.717, 1.165) is 0 Å². The van der Waals surface area contributed by atoms with Crippen molar-refractivity contribution in [2.75, 3.05) is 7.11 Å². The van der Waals surface area contributed by atoms with E-state index in [0.29, 0.717) is 16.4 Å². The van der Waals surface area contributed by atoms with Crippen LogP contribution in [0.4, 0.5) is 0 Å². The van der Waals surface area contributed by atoms with Crippen molar-refractivity contribution in [1.29, 1.82) is 0 Å². The van der Waals surface area contributed by atoms with Crippen molar-refractivity contribution in [3.05, 3.63) is 54.6 Å². The molecule has 0 aromatic heterocycles. The monoisotopic (exact) mass is 304 g/mol. The fourth-order valence-corrected chi connectivity index (χ4v) is 3.86. The standard InChI is InChI=1S/C16H19O3P.BH3/c1-13(2)19-14-8-7-11-16(12-14)20(17,18-3)15-9-5-4-6-10-15;/h4-13H,1-3H3;1H3. The molecule has 0 radical (unpaired) electrons. The smallest absolute Gasteiger partial charge is 0.261 e. The number of rotatable bonds is 5. The molecular weight excluding hydrogens is 282 g/mol. The van der Waals surface area contributed by atoms with Crippen LogP contribution in [-0.2, 0) is 9.09 Å². The van der Waals surface area contributed by atoms with Crippen LogP contribution < -0.4 is 15.3 Å². The molecule has 0 aliphatic rings. The van der Waals surface area contributed by atoms with Crippen molar-refractivity contribution in [2.24, 2.45) is 0 Å². The molecular formula is C16H22BO3P. The molecule has 0 fully saturated rings. The number of hydrogen-bond donors (Lipinski definition) is 0. The van der Waals surface area contributed by atoms with Crippen LogP contribution in [0.15, 0.2) is 54.6 Å². The highest BCUT2D eigenvalue weighted by Gasteiger charge is 2.27. The molecule has 0 N–H and O–H groups in total. The molecule has 2 aromatic carbocycles. The molecule has 5 heteroatoms. The Balaban J connectivity index is 0.00000220. The Morgan fingerprint density at radius 3 is 2.14 bits per heavy atom. The van der Waals surface area contributed by atoms with Crippen LogP contribution in [0, 0.1) is 0 Å². The van der Waals surface area contributed by atoms with Gasteiger partial charge >= 0.3 is 0 Å². The van der Waals surface area contributed by atoms with Crippen molar-refractivity contribution in [1.82, 2.24) is 0 Å². The van der Waals surface area contributed by atoms with E-state index in [1.807, 2.05) is 62.4 Å². The molecule has 112 valence electrons. The third kappa shape index (κ3) is 3.99. The molecule has 1 unspecified atom stereocenters. The van der Waals surface area contributed by atoms with Gasteiger partial charge in [-0.25, -0.2) is 0 Å². The Morgan fingerprint density at radius 2 is 1.57 bits per heavy atom. The topological polar surface area (TPSA) is 35.5 Å². The summed E-state index contributed by atoms with van der Waals surface area (Å²) in [5.74, 6) is 0.700. The summed E-state index contributed by atoms with van der Waals surface area (Å²) in [4.78, 5) is 0. The minimum atomic E-state index is -3.06. The SMILES string of the molecule is B.COP(=O)(c1ccccc1)c1cccc(OC(C)C)c1. The van der Waals surface area contributed by atoms with E-state index in [1.54, 1.807) is 6.07 Å². The van der Waals surface area contributed by atoms with Crippen LogP contribution in [0.3, 0.4) is 0 Å². The highest BCUT2D eigenvalue weighted by Crippen LogP contribution is 2.44. The van der Waals surface area contributed by atoms with E-state index in [1.165, 1.54) is 7.11 Å². The van der Waals surface area contributed by atoms with Gasteiger partial charge in [-0.2, -0.15) is 0 Å². The molecule has 1 atom stereocenters. The summed E-state index contributed by atoms with van der Waals surface area (Å²) in [7, 11) is -1.58. The van der Waals surface area contributed by atoms with Crippen LogP contribution in [0.25, 0.3) is 0 Å². The largest absolute Gasteiger partial charge is 0.491 e. The second-order valence-electron chi connectivity index (χ2n) is 4.73. The van der Waals surface area contributed by atoms with Crippen molar-refractivity contribution < 1.29 is 13.8 Å². The first-order valence-electron chi connectivity index (χ1n) is 6.55. The van der Waals surface area contributed by atoms with E-state index in [-0.39, 0.29) is 14.5 Å². The van der Waals surface area contributed by atoms with Gasteiger partial charge in [0.15, 0.2) is 0 Å². The Labute approximate surface area is 128 Å². The Bertz CT molecular complexity index is 614. The molecule has 0 saturated carbocycles. The summed E-state index contributed by atoms with van der Waals surface area (Å²) in [6, 6.07) is 16.5. The molecule has 0 aliphatic heterocycles. The highest BCUT2D eigenvalue weighted by molar-refractivity contribution is 7.74. The lowest BCUT2D eigenvalue weighted by Gasteiger charge is -2.18. The molecule has 0 heterocycles. The molecule has 2 aromatic rings. The van der Waals surface area contributed by atoms with Gasteiger partial charge in [0, 0.05) is 17.7 Å². The fraction of sp³-hybridized carbons (Fsp3) is 0.250.